The summed E-state index contributed by atoms with van der Waals surface area (Å²) in [6, 6.07) is 9.34. The number of nitro benzene ring substituents is 1. The lowest BCUT2D eigenvalue weighted by Gasteiger charge is -2.12. The molecule has 8 nitrogen and oxygen atoms in total. The molecule has 1 N–H and O–H groups in total. The van der Waals surface area contributed by atoms with Crippen molar-refractivity contribution in [1.82, 2.24) is 4.90 Å². The largest absolute Gasteiger partial charge is 0.325 e. The molecule has 11 heteroatoms. The average Bonchev–Trinajstić information content (AvgIpc) is 2.93. The van der Waals surface area contributed by atoms with Crippen LogP contribution in [0.3, 0.4) is 0 Å². The average molecular weight is 466 g/mol. The number of halogens is 2. The molecule has 0 aliphatic carbocycles. The SMILES string of the molecule is Cc1ccc(NC(=O)CN2C(=O)S/C(=C\c3cc([N+](=O)[O-])c(Cl)cc3Cl)C2=O)cc1. The van der Waals surface area contributed by atoms with Gasteiger partial charge in [-0.1, -0.05) is 40.9 Å². The number of hydrogen-bond acceptors (Lipinski definition) is 6. The zero-order valence-electron chi connectivity index (χ0n) is 15.3. The summed E-state index contributed by atoms with van der Waals surface area (Å²) in [4.78, 5) is 48.2. The molecule has 3 rings (SSSR count). The van der Waals surface area contributed by atoms with Crippen molar-refractivity contribution in [3.8, 4) is 0 Å². The first-order chi connectivity index (χ1) is 14.2. The number of benzene rings is 2. The van der Waals surface area contributed by atoms with Gasteiger partial charge in [0.25, 0.3) is 16.8 Å². The van der Waals surface area contributed by atoms with Crippen molar-refractivity contribution in [2.75, 3.05) is 11.9 Å². The number of carbonyl (C=O) groups is 3. The molecule has 2 aromatic rings. The Balaban J connectivity index is 1.77. The summed E-state index contributed by atoms with van der Waals surface area (Å²) in [6.07, 6.45) is 1.26. The Kier molecular flexibility index (Phi) is 6.45. The summed E-state index contributed by atoms with van der Waals surface area (Å²) in [5.74, 6) is -1.24. The van der Waals surface area contributed by atoms with Crippen LogP contribution < -0.4 is 5.32 Å². The van der Waals surface area contributed by atoms with E-state index in [-0.39, 0.29) is 26.2 Å². The predicted molar refractivity (Wildman–Crippen MR) is 116 cm³/mol. The molecule has 0 bridgehead atoms. The predicted octanol–water partition coefficient (Wildman–Crippen LogP) is 4.89. The third-order valence-corrected chi connectivity index (χ3v) is 5.60. The van der Waals surface area contributed by atoms with Crippen molar-refractivity contribution < 1.29 is 19.3 Å². The van der Waals surface area contributed by atoms with Crippen LogP contribution in [0.2, 0.25) is 10.0 Å². The number of carbonyl (C=O) groups excluding carboxylic acids is 3. The molecule has 0 spiro atoms. The molecule has 3 amide bonds. The van der Waals surface area contributed by atoms with E-state index in [2.05, 4.69) is 5.32 Å². The Morgan fingerprint density at radius 2 is 1.87 bits per heavy atom. The minimum atomic E-state index is -0.697. The molecule has 0 unspecified atom stereocenters. The van der Waals surface area contributed by atoms with E-state index in [4.69, 9.17) is 23.2 Å². The number of rotatable bonds is 5. The van der Waals surface area contributed by atoms with Crippen LogP contribution in [0.25, 0.3) is 6.08 Å². The first-order valence-corrected chi connectivity index (χ1v) is 9.98. The fourth-order valence-electron chi connectivity index (χ4n) is 2.56. The normalized spacial score (nSPS) is 15.0. The fraction of sp³-hybridized carbons (Fsp3) is 0.105. The Hall–Kier alpha value is -2.88. The van der Waals surface area contributed by atoms with Crippen molar-refractivity contribution in [2.24, 2.45) is 0 Å². The van der Waals surface area contributed by atoms with E-state index in [9.17, 15) is 24.5 Å². The topological polar surface area (TPSA) is 110 Å². The summed E-state index contributed by atoms with van der Waals surface area (Å²) >= 11 is 12.5. The molecule has 0 aromatic heterocycles. The van der Waals surface area contributed by atoms with Crippen LogP contribution in [0, 0.1) is 17.0 Å². The van der Waals surface area contributed by atoms with Gasteiger partial charge in [0.15, 0.2) is 0 Å². The molecule has 2 aromatic carbocycles. The van der Waals surface area contributed by atoms with Gasteiger partial charge < -0.3 is 5.32 Å². The molecule has 1 fully saturated rings. The standard InChI is InChI=1S/C19H13Cl2N3O5S/c1-10-2-4-12(5-3-10)22-17(25)9-23-18(26)16(30-19(23)27)7-11-6-15(24(28)29)14(21)8-13(11)20/h2-8H,9H2,1H3,(H,22,25)/b16-7-. The highest BCUT2D eigenvalue weighted by Gasteiger charge is 2.36. The third kappa shape index (κ3) is 4.81. The van der Waals surface area contributed by atoms with Crippen molar-refractivity contribution >= 4 is 69.5 Å². The van der Waals surface area contributed by atoms with E-state index in [1.165, 1.54) is 12.1 Å². The van der Waals surface area contributed by atoms with Gasteiger partial charge >= 0.3 is 0 Å². The van der Waals surface area contributed by atoms with Crippen LogP contribution in [0.4, 0.5) is 16.2 Å². The van der Waals surface area contributed by atoms with Gasteiger partial charge in [-0.05, 0) is 43.0 Å². The van der Waals surface area contributed by atoms with Crippen LogP contribution in [0.15, 0.2) is 41.3 Å². The highest BCUT2D eigenvalue weighted by atomic mass is 35.5. The first-order valence-electron chi connectivity index (χ1n) is 8.41. The van der Waals surface area contributed by atoms with E-state index in [1.807, 2.05) is 19.1 Å². The smallest absolute Gasteiger partial charge is 0.294 e. The fourth-order valence-corrected chi connectivity index (χ4v) is 3.90. The number of hydrogen-bond donors (Lipinski definition) is 1. The minimum Gasteiger partial charge on any atom is -0.325 e. The highest BCUT2D eigenvalue weighted by molar-refractivity contribution is 8.18. The van der Waals surface area contributed by atoms with Crippen LogP contribution in [-0.2, 0) is 9.59 Å². The Morgan fingerprint density at radius 3 is 2.50 bits per heavy atom. The Labute approximate surface area is 185 Å². The monoisotopic (exact) mass is 465 g/mol. The number of nitrogens with one attached hydrogen (secondary N) is 1. The van der Waals surface area contributed by atoms with Crippen molar-refractivity contribution in [3.05, 3.63) is 72.6 Å². The van der Waals surface area contributed by atoms with Gasteiger partial charge in [0.05, 0.1) is 9.83 Å². The van der Waals surface area contributed by atoms with Gasteiger partial charge in [-0.15, -0.1) is 0 Å². The molecular formula is C19H13Cl2N3O5S. The summed E-state index contributed by atoms with van der Waals surface area (Å²) < 4.78 is 0. The lowest BCUT2D eigenvalue weighted by molar-refractivity contribution is -0.384. The molecule has 1 saturated heterocycles. The highest BCUT2D eigenvalue weighted by Crippen LogP contribution is 2.36. The van der Waals surface area contributed by atoms with Crippen LogP contribution in [0.5, 0.6) is 0 Å². The second kappa shape index (κ2) is 8.86. The van der Waals surface area contributed by atoms with E-state index in [0.29, 0.717) is 17.4 Å². The number of thioether (sulfide) groups is 1. The molecule has 0 radical (unpaired) electrons. The van der Waals surface area contributed by atoms with Crippen LogP contribution in [0.1, 0.15) is 11.1 Å². The second-order valence-electron chi connectivity index (χ2n) is 6.26. The van der Waals surface area contributed by atoms with Crippen LogP contribution in [-0.4, -0.2) is 33.4 Å². The van der Waals surface area contributed by atoms with Crippen molar-refractivity contribution in [2.45, 2.75) is 6.92 Å². The number of anilines is 1. The van der Waals surface area contributed by atoms with Gasteiger partial charge in [-0.2, -0.15) is 0 Å². The number of amides is 3. The maximum absolute atomic E-state index is 12.6. The third-order valence-electron chi connectivity index (χ3n) is 4.06. The van der Waals surface area contributed by atoms with E-state index >= 15 is 0 Å². The second-order valence-corrected chi connectivity index (χ2v) is 8.07. The lowest BCUT2D eigenvalue weighted by Crippen LogP contribution is -2.36. The molecule has 0 atom stereocenters. The molecule has 1 aliphatic rings. The Bertz CT molecular complexity index is 1100. The molecule has 154 valence electrons. The zero-order valence-corrected chi connectivity index (χ0v) is 17.7. The molecule has 0 saturated carbocycles. The summed E-state index contributed by atoms with van der Waals surface area (Å²) in [5, 5.41) is 13.0. The number of aryl methyl sites for hydroxylation is 1. The Morgan fingerprint density at radius 1 is 1.20 bits per heavy atom. The summed E-state index contributed by atoms with van der Waals surface area (Å²) in [5.41, 5.74) is 1.32. The van der Waals surface area contributed by atoms with Gasteiger partial charge in [0.1, 0.15) is 11.6 Å². The van der Waals surface area contributed by atoms with Gasteiger partial charge in [0, 0.05) is 22.3 Å². The van der Waals surface area contributed by atoms with Crippen LogP contribution >= 0.6 is 35.0 Å². The van der Waals surface area contributed by atoms with Gasteiger partial charge in [-0.25, -0.2) is 0 Å². The molecule has 1 heterocycles. The first kappa shape index (κ1) is 21.8. The van der Waals surface area contributed by atoms with E-state index < -0.39 is 28.5 Å². The summed E-state index contributed by atoms with van der Waals surface area (Å²) in [7, 11) is 0. The molecule has 30 heavy (non-hydrogen) atoms. The number of nitro groups is 1. The minimum absolute atomic E-state index is 0.0124. The molecular weight excluding hydrogens is 453 g/mol. The van der Waals surface area contributed by atoms with Crippen molar-refractivity contribution in [3.63, 3.8) is 0 Å². The van der Waals surface area contributed by atoms with E-state index in [0.717, 1.165) is 16.5 Å². The van der Waals surface area contributed by atoms with E-state index in [1.54, 1.807) is 12.1 Å². The molecule has 1 aliphatic heterocycles. The quantitative estimate of drug-likeness (QED) is 0.382. The van der Waals surface area contributed by atoms with Gasteiger partial charge in [0.2, 0.25) is 5.91 Å². The lowest BCUT2D eigenvalue weighted by atomic mass is 10.2. The number of imide groups is 1. The number of nitrogens with zero attached hydrogens (tertiary/aromatic N) is 2. The summed E-state index contributed by atoms with van der Waals surface area (Å²) in [6.45, 7) is 1.43. The van der Waals surface area contributed by atoms with Crippen molar-refractivity contribution in [1.29, 1.82) is 0 Å². The zero-order chi connectivity index (χ0) is 22.0. The maximum atomic E-state index is 12.6. The van der Waals surface area contributed by atoms with Gasteiger partial charge in [-0.3, -0.25) is 29.4 Å². The maximum Gasteiger partial charge on any atom is 0.294 e.